The van der Waals surface area contributed by atoms with E-state index < -0.39 is 7.82 Å². The molecule has 1 atom stereocenters. The van der Waals surface area contributed by atoms with E-state index in [0.717, 1.165) is 25.7 Å². The van der Waals surface area contributed by atoms with Gasteiger partial charge in [-0.3, -0.25) is 4.57 Å². The lowest BCUT2D eigenvalue weighted by Gasteiger charge is -2.15. The van der Waals surface area contributed by atoms with Crippen LogP contribution in [0.1, 0.15) is 110 Å². The van der Waals surface area contributed by atoms with Crippen molar-refractivity contribution in [2.45, 2.75) is 110 Å². The molecule has 0 aromatic rings. The number of unbranched alkanes of at least 4 members (excludes halogenated alkanes) is 12. The molecule has 7 heteroatoms. The molecule has 172 valence electrons. The SMILES string of the molecule is CCCCCCCC/C=C\CCCCCCCC([O-])=NCCCCOP(=O)([O-])O. The second-order valence-corrected chi connectivity index (χ2v) is 8.81. The van der Waals surface area contributed by atoms with Gasteiger partial charge in [-0.15, -0.1) is 0 Å². The molecule has 0 fully saturated rings. The maximum absolute atomic E-state index is 11.6. The Morgan fingerprint density at radius 2 is 1.45 bits per heavy atom. The van der Waals surface area contributed by atoms with E-state index in [0.29, 0.717) is 25.8 Å². The maximum Gasteiger partial charge on any atom is 0.265 e. The zero-order valence-electron chi connectivity index (χ0n) is 18.4. The van der Waals surface area contributed by atoms with Crippen molar-refractivity contribution >= 4 is 13.7 Å². The third kappa shape index (κ3) is 25.3. The summed E-state index contributed by atoms with van der Waals surface area (Å²) in [6, 6.07) is 0. The minimum absolute atomic E-state index is 0.0742. The summed E-state index contributed by atoms with van der Waals surface area (Å²) in [6.45, 7) is 2.55. The summed E-state index contributed by atoms with van der Waals surface area (Å²) in [5, 5.41) is 11.6. The van der Waals surface area contributed by atoms with Crippen molar-refractivity contribution in [2.24, 2.45) is 4.99 Å². The van der Waals surface area contributed by atoms with Crippen LogP contribution >= 0.6 is 7.82 Å². The molecule has 0 rings (SSSR count). The molecule has 0 aliphatic rings. The van der Waals surface area contributed by atoms with Gasteiger partial charge in [0.25, 0.3) is 7.82 Å². The largest absolute Gasteiger partial charge is 0.862 e. The van der Waals surface area contributed by atoms with Gasteiger partial charge < -0.3 is 24.4 Å². The van der Waals surface area contributed by atoms with E-state index in [1.807, 2.05) is 0 Å². The quantitative estimate of drug-likeness (QED) is 0.0901. The standard InChI is InChI=1S/C22H44NO5P/c1-2-3-4-5-6-7-8-9-10-11-12-13-14-15-16-19-22(24)23-20-17-18-21-28-29(25,26)27/h9-10H,2-8,11-21H2,1H3,(H,23,24)(H2,25,26,27)/p-2/b10-9-. The van der Waals surface area contributed by atoms with Gasteiger partial charge in [-0.2, -0.15) is 0 Å². The van der Waals surface area contributed by atoms with E-state index in [-0.39, 0.29) is 12.5 Å². The van der Waals surface area contributed by atoms with Crippen LogP contribution in [0.3, 0.4) is 0 Å². The van der Waals surface area contributed by atoms with Gasteiger partial charge in [0.1, 0.15) is 0 Å². The minimum Gasteiger partial charge on any atom is -0.862 e. The molecule has 0 spiro atoms. The fraction of sp³-hybridized carbons (Fsp3) is 0.864. The monoisotopic (exact) mass is 431 g/mol. The number of phosphoric ester groups is 1. The van der Waals surface area contributed by atoms with Crippen molar-refractivity contribution < 1.29 is 24.0 Å². The van der Waals surface area contributed by atoms with Gasteiger partial charge in [0.15, 0.2) is 0 Å². The molecule has 0 heterocycles. The average Bonchev–Trinajstić information content (AvgIpc) is 2.66. The highest BCUT2D eigenvalue weighted by molar-refractivity contribution is 7.44. The van der Waals surface area contributed by atoms with Crippen LogP contribution in [0.5, 0.6) is 0 Å². The number of hydrogen-bond donors (Lipinski definition) is 1. The van der Waals surface area contributed by atoms with Crippen LogP contribution in [0, 0.1) is 0 Å². The Bertz CT molecular complexity index is 462. The van der Waals surface area contributed by atoms with Crippen LogP contribution in [0.25, 0.3) is 0 Å². The van der Waals surface area contributed by atoms with E-state index >= 15 is 0 Å². The third-order valence-electron chi connectivity index (χ3n) is 4.75. The van der Waals surface area contributed by atoms with Crippen molar-refractivity contribution in [3.05, 3.63) is 12.2 Å². The Kier molecular flexibility index (Phi) is 20.1. The lowest BCUT2D eigenvalue weighted by molar-refractivity contribution is -0.221. The fourth-order valence-corrected chi connectivity index (χ4v) is 3.38. The molecule has 0 aliphatic carbocycles. The van der Waals surface area contributed by atoms with E-state index in [9.17, 15) is 14.6 Å². The van der Waals surface area contributed by atoms with Crippen LogP contribution in [0.15, 0.2) is 17.1 Å². The number of phosphoric acid groups is 1. The normalized spacial score (nSPS) is 14.5. The van der Waals surface area contributed by atoms with E-state index in [1.165, 1.54) is 57.8 Å². The highest BCUT2D eigenvalue weighted by atomic mass is 31.2. The lowest BCUT2D eigenvalue weighted by Crippen LogP contribution is -2.17. The highest BCUT2D eigenvalue weighted by Crippen LogP contribution is 2.30. The van der Waals surface area contributed by atoms with Crippen molar-refractivity contribution in [2.75, 3.05) is 13.2 Å². The van der Waals surface area contributed by atoms with Gasteiger partial charge in [0.05, 0.1) is 6.61 Å². The molecular weight excluding hydrogens is 389 g/mol. The Balaban J connectivity index is 3.34. The Morgan fingerprint density at radius 1 is 0.897 bits per heavy atom. The lowest BCUT2D eigenvalue weighted by atomic mass is 10.1. The summed E-state index contributed by atoms with van der Waals surface area (Å²) in [5.74, 6) is -0.0831. The van der Waals surface area contributed by atoms with Crippen LogP contribution < -0.4 is 10.00 Å². The van der Waals surface area contributed by atoms with Gasteiger partial charge >= 0.3 is 0 Å². The first-order valence-corrected chi connectivity index (χ1v) is 13.0. The molecule has 1 N–H and O–H groups in total. The first kappa shape index (κ1) is 28.3. The number of nitrogens with zero attached hydrogens (tertiary/aromatic N) is 1. The predicted molar refractivity (Wildman–Crippen MR) is 117 cm³/mol. The number of hydrogen-bond acceptors (Lipinski definition) is 5. The maximum atomic E-state index is 11.6. The fourth-order valence-electron chi connectivity index (χ4n) is 3.02. The molecule has 29 heavy (non-hydrogen) atoms. The molecule has 0 aliphatic heterocycles. The minimum atomic E-state index is -4.63. The number of allylic oxidation sites excluding steroid dienone is 2. The van der Waals surface area contributed by atoms with Crippen LogP contribution in [0.4, 0.5) is 0 Å². The highest BCUT2D eigenvalue weighted by Gasteiger charge is 2.00. The van der Waals surface area contributed by atoms with Crippen molar-refractivity contribution in [3.63, 3.8) is 0 Å². The molecule has 6 nitrogen and oxygen atoms in total. The number of rotatable bonds is 21. The molecule has 0 aromatic heterocycles. The van der Waals surface area contributed by atoms with Crippen molar-refractivity contribution in [1.29, 1.82) is 0 Å². The predicted octanol–water partition coefficient (Wildman–Crippen LogP) is 5.04. The molecule has 0 radical (unpaired) electrons. The summed E-state index contributed by atoms with van der Waals surface area (Å²) in [6.07, 6.45) is 22.2. The summed E-state index contributed by atoms with van der Waals surface area (Å²) in [5.41, 5.74) is 0. The molecule has 0 amide bonds. The first-order valence-electron chi connectivity index (χ1n) is 11.5. The van der Waals surface area contributed by atoms with Gasteiger partial charge in [0.2, 0.25) is 0 Å². The van der Waals surface area contributed by atoms with Gasteiger partial charge in [0, 0.05) is 6.54 Å². The average molecular weight is 432 g/mol. The van der Waals surface area contributed by atoms with Crippen LogP contribution in [-0.2, 0) is 9.09 Å². The van der Waals surface area contributed by atoms with Gasteiger partial charge in [-0.1, -0.05) is 70.4 Å². The van der Waals surface area contributed by atoms with E-state index in [4.69, 9.17) is 4.89 Å². The second-order valence-electron chi connectivity index (χ2n) is 7.62. The molecule has 1 unspecified atom stereocenters. The van der Waals surface area contributed by atoms with Crippen LogP contribution in [0.2, 0.25) is 0 Å². The van der Waals surface area contributed by atoms with Crippen molar-refractivity contribution in [1.82, 2.24) is 0 Å². The first-order chi connectivity index (χ1) is 14.0. The second kappa shape index (κ2) is 20.6. The molecule has 0 saturated heterocycles. The zero-order chi connectivity index (χ0) is 21.6. The topological polar surface area (TPSA) is 105 Å². The smallest absolute Gasteiger partial charge is 0.265 e. The molecule has 0 saturated carbocycles. The molecule has 0 bridgehead atoms. The summed E-state index contributed by atoms with van der Waals surface area (Å²) < 4.78 is 14.6. The Morgan fingerprint density at radius 3 is 2.03 bits per heavy atom. The zero-order valence-corrected chi connectivity index (χ0v) is 19.3. The van der Waals surface area contributed by atoms with Gasteiger partial charge in [-0.25, -0.2) is 0 Å². The molecular formula is C22H42NO5P-2. The summed E-state index contributed by atoms with van der Waals surface area (Å²) in [4.78, 5) is 22.7. The van der Waals surface area contributed by atoms with Gasteiger partial charge in [-0.05, 0) is 57.3 Å². The summed E-state index contributed by atoms with van der Waals surface area (Å²) in [7, 11) is -4.63. The third-order valence-corrected chi connectivity index (χ3v) is 5.26. The Labute approximate surface area is 178 Å². The Hall–Kier alpha value is -0.680. The molecule has 0 aromatic carbocycles. The van der Waals surface area contributed by atoms with E-state index in [2.05, 4.69) is 28.6 Å². The van der Waals surface area contributed by atoms with E-state index in [1.54, 1.807) is 0 Å². The number of aliphatic imine (C=N–C) groups is 1. The van der Waals surface area contributed by atoms with Crippen molar-refractivity contribution in [3.8, 4) is 0 Å². The van der Waals surface area contributed by atoms with Crippen LogP contribution in [-0.4, -0.2) is 23.9 Å². The summed E-state index contributed by atoms with van der Waals surface area (Å²) >= 11 is 0.